The summed E-state index contributed by atoms with van der Waals surface area (Å²) in [6.45, 7) is 5.22. The molecule has 0 amide bonds. The Morgan fingerprint density at radius 2 is 2.05 bits per heavy atom. The lowest BCUT2D eigenvalue weighted by Crippen LogP contribution is -2.21. The van der Waals surface area contributed by atoms with E-state index in [1.165, 1.54) is 17.5 Å². The standard InChI is InChI=1S/C16H20BrNO/c1-3-6-12-7-5-8-13(11-12)16(18-4-2)14-9-10-15(17)19-14/h5,7-11,16,18H,3-4,6H2,1-2H3. The van der Waals surface area contributed by atoms with Crippen LogP contribution in [0.1, 0.15) is 43.2 Å². The SMILES string of the molecule is CCCc1cccc(C(NCC)c2ccc(Br)o2)c1. The second-order valence-electron chi connectivity index (χ2n) is 4.63. The van der Waals surface area contributed by atoms with Crippen molar-refractivity contribution in [2.24, 2.45) is 0 Å². The van der Waals surface area contributed by atoms with E-state index in [1.807, 2.05) is 12.1 Å². The zero-order valence-electron chi connectivity index (χ0n) is 11.4. The van der Waals surface area contributed by atoms with Gasteiger partial charge in [0.1, 0.15) is 5.76 Å². The van der Waals surface area contributed by atoms with E-state index in [-0.39, 0.29) is 6.04 Å². The van der Waals surface area contributed by atoms with E-state index in [0.717, 1.165) is 23.4 Å². The number of rotatable bonds is 6. The van der Waals surface area contributed by atoms with Crippen molar-refractivity contribution in [2.75, 3.05) is 6.54 Å². The monoisotopic (exact) mass is 321 g/mol. The Morgan fingerprint density at radius 1 is 1.21 bits per heavy atom. The van der Waals surface area contributed by atoms with Crippen molar-refractivity contribution in [1.29, 1.82) is 0 Å². The van der Waals surface area contributed by atoms with Crippen LogP contribution in [-0.2, 0) is 6.42 Å². The predicted molar refractivity (Wildman–Crippen MR) is 82.4 cm³/mol. The lowest BCUT2D eigenvalue weighted by molar-refractivity contribution is 0.437. The molecule has 0 fully saturated rings. The number of aryl methyl sites for hydroxylation is 1. The van der Waals surface area contributed by atoms with Crippen molar-refractivity contribution >= 4 is 15.9 Å². The number of nitrogens with one attached hydrogen (secondary N) is 1. The summed E-state index contributed by atoms with van der Waals surface area (Å²) in [6, 6.07) is 12.8. The van der Waals surface area contributed by atoms with Gasteiger partial charge in [-0.05, 0) is 52.2 Å². The maximum atomic E-state index is 5.71. The maximum Gasteiger partial charge on any atom is 0.169 e. The molecule has 1 aromatic heterocycles. The van der Waals surface area contributed by atoms with Crippen molar-refractivity contribution in [1.82, 2.24) is 5.32 Å². The van der Waals surface area contributed by atoms with Crippen LogP contribution in [0.5, 0.6) is 0 Å². The van der Waals surface area contributed by atoms with E-state index in [9.17, 15) is 0 Å². The van der Waals surface area contributed by atoms with Gasteiger partial charge in [0.05, 0.1) is 6.04 Å². The first-order valence-electron chi connectivity index (χ1n) is 6.82. The molecular weight excluding hydrogens is 302 g/mol. The van der Waals surface area contributed by atoms with Gasteiger partial charge >= 0.3 is 0 Å². The minimum Gasteiger partial charge on any atom is -0.452 e. The number of benzene rings is 1. The fourth-order valence-corrected chi connectivity index (χ4v) is 2.61. The molecule has 1 N–H and O–H groups in total. The molecule has 2 nitrogen and oxygen atoms in total. The van der Waals surface area contributed by atoms with Crippen LogP contribution in [0.4, 0.5) is 0 Å². The highest BCUT2D eigenvalue weighted by Crippen LogP contribution is 2.26. The van der Waals surface area contributed by atoms with Crippen LogP contribution >= 0.6 is 15.9 Å². The molecule has 2 aromatic rings. The molecule has 0 spiro atoms. The molecular formula is C16H20BrNO. The van der Waals surface area contributed by atoms with E-state index in [1.54, 1.807) is 0 Å². The van der Waals surface area contributed by atoms with E-state index in [0.29, 0.717) is 0 Å². The number of halogens is 1. The highest BCUT2D eigenvalue weighted by molar-refractivity contribution is 9.10. The number of hydrogen-bond donors (Lipinski definition) is 1. The van der Waals surface area contributed by atoms with Crippen molar-refractivity contribution in [3.8, 4) is 0 Å². The molecule has 0 saturated carbocycles. The smallest absolute Gasteiger partial charge is 0.169 e. The van der Waals surface area contributed by atoms with Crippen LogP contribution in [-0.4, -0.2) is 6.54 Å². The van der Waals surface area contributed by atoms with E-state index >= 15 is 0 Å². The summed E-state index contributed by atoms with van der Waals surface area (Å²) in [7, 11) is 0. The van der Waals surface area contributed by atoms with Crippen molar-refractivity contribution in [3.63, 3.8) is 0 Å². The van der Waals surface area contributed by atoms with Gasteiger partial charge in [-0.1, -0.05) is 44.5 Å². The third-order valence-electron chi connectivity index (χ3n) is 3.11. The Bertz CT molecular complexity index is 521. The molecule has 1 heterocycles. The van der Waals surface area contributed by atoms with Gasteiger partial charge in [-0.15, -0.1) is 0 Å². The number of furan rings is 1. The van der Waals surface area contributed by atoms with Crippen LogP contribution in [0.2, 0.25) is 0 Å². The Hall–Kier alpha value is -1.06. The summed E-state index contributed by atoms with van der Waals surface area (Å²) in [6.07, 6.45) is 2.29. The molecule has 0 aliphatic heterocycles. The zero-order chi connectivity index (χ0) is 13.7. The van der Waals surface area contributed by atoms with Gasteiger partial charge in [-0.3, -0.25) is 0 Å². The first-order valence-corrected chi connectivity index (χ1v) is 7.61. The lowest BCUT2D eigenvalue weighted by atomic mass is 10.00. The average Bonchev–Trinajstić information content (AvgIpc) is 2.83. The second kappa shape index (κ2) is 6.92. The fourth-order valence-electron chi connectivity index (χ4n) is 2.29. The summed E-state index contributed by atoms with van der Waals surface area (Å²) in [4.78, 5) is 0. The summed E-state index contributed by atoms with van der Waals surface area (Å²) in [5.41, 5.74) is 2.64. The molecule has 0 aliphatic carbocycles. The molecule has 2 rings (SSSR count). The van der Waals surface area contributed by atoms with Crippen LogP contribution in [0.3, 0.4) is 0 Å². The molecule has 0 aliphatic rings. The number of hydrogen-bond acceptors (Lipinski definition) is 2. The van der Waals surface area contributed by atoms with E-state index < -0.39 is 0 Å². The largest absolute Gasteiger partial charge is 0.452 e. The Balaban J connectivity index is 2.30. The fraction of sp³-hybridized carbons (Fsp3) is 0.375. The van der Waals surface area contributed by atoms with Crippen molar-refractivity contribution in [2.45, 2.75) is 32.7 Å². The minimum absolute atomic E-state index is 0.119. The first-order chi connectivity index (χ1) is 9.24. The molecule has 19 heavy (non-hydrogen) atoms. The minimum atomic E-state index is 0.119. The van der Waals surface area contributed by atoms with Crippen LogP contribution in [0.25, 0.3) is 0 Å². The summed E-state index contributed by atoms with van der Waals surface area (Å²) in [5.74, 6) is 0.947. The van der Waals surface area contributed by atoms with Gasteiger partial charge in [0.2, 0.25) is 0 Å². The predicted octanol–water partition coefficient (Wildman–Crippen LogP) is 4.69. The molecule has 1 atom stereocenters. The Morgan fingerprint density at radius 3 is 2.68 bits per heavy atom. The van der Waals surface area contributed by atoms with Gasteiger partial charge in [-0.2, -0.15) is 0 Å². The summed E-state index contributed by atoms with van der Waals surface area (Å²) in [5, 5.41) is 3.48. The third kappa shape index (κ3) is 3.71. The van der Waals surface area contributed by atoms with E-state index in [2.05, 4.69) is 59.4 Å². The van der Waals surface area contributed by atoms with Crippen LogP contribution < -0.4 is 5.32 Å². The van der Waals surface area contributed by atoms with Crippen molar-refractivity contribution in [3.05, 3.63) is 58.0 Å². The highest BCUT2D eigenvalue weighted by atomic mass is 79.9. The Kier molecular flexibility index (Phi) is 5.23. The molecule has 0 saturated heterocycles. The summed E-state index contributed by atoms with van der Waals surface area (Å²) < 4.78 is 6.48. The van der Waals surface area contributed by atoms with E-state index in [4.69, 9.17) is 4.42 Å². The topological polar surface area (TPSA) is 25.2 Å². The average molecular weight is 322 g/mol. The molecule has 3 heteroatoms. The molecule has 1 aromatic carbocycles. The third-order valence-corrected chi connectivity index (χ3v) is 3.54. The highest BCUT2D eigenvalue weighted by Gasteiger charge is 2.16. The van der Waals surface area contributed by atoms with Gasteiger partial charge in [-0.25, -0.2) is 0 Å². The lowest BCUT2D eigenvalue weighted by Gasteiger charge is -2.17. The van der Waals surface area contributed by atoms with Gasteiger partial charge in [0.15, 0.2) is 4.67 Å². The molecule has 1 unspecified atom stereocenters. The quantitative estimate of drug-likeness (QED) is 0.834. The zero-order valence-corrected chi connectivity index (χ0v) is 13.0. The van der Waals surface area contributed by atoms with Crippen LogP contribution in [0, 0.1) is 0 Å². The second-order valence-corrected chi connectivity index (χ2v) is 5.41. The van der Waals surface area contributed by atoms with Crippen molar-refractivity contribution < 1.29 is 4.42 Å². The normalized spacial score (nSPS) is 12.6. The van der Waals surface area contributed by atoms with Gasteiger partial charge < -0.3 is 9.73 Å². The first kappa shape index (κ1) is 14.4. The maximum absolute atomic E-state index is 5.71. The molecule has 0 radical (unpaired) electrons. The van der Waals surface area contributed by atoms with Crippen LogP contribution in [0.15, 0.2) is 45.5 Å². The Labute approximate surface area is 123 Å². The summed E-state index contributed by atoms with van der Waals surface area (Å²) >= 11 is 3.37. The van der Waals surface area contributed by atoms with Gasteiger partial charge in [0.25, 0.3) is 0 Å². The van der Waals surface area contributed by atoms with Gasteiger partial charge in [0, 0.05) is 0 Å². The molecule has 102 valence electrons. The molecule has 0 bridgehead atoms.